The van der Waals surface area contributed by atoms with Crippen LogP contribution in [0.3, 0.4) is 0 Å². The molecule has 2 atom stereocenters. The summed E-state index contributed by atoms with van der Waals surface area (Å²) in [7, 11) is 1.54. The Morgan fingerprint density at radius 1 is 1.50 bits per heavy atom. The monoisotopic (exact) mass is 343 g/mol. The summed E-state index contributed by atoms with van der Waals surface area (Å²) >= 11 is 3.46. The van der Waals surface area contributed by atoms with Crippen LogP contribution in [-0.2, 0) is 6.54 Å². The van der Waals surface area contributed by atoms with Crippen LogP contribution in [-0.4, -0.2) is 30.0 Å². The molecule has 2 unspecified atom stereocenters. The van der Waals surface area contributed by atoms with Gasteiger partial charge in [-0.1, -0.05) is 29.3 Å². The Labute approximate surface area is 128 Å². The van der Waals surface area contributed by atoms with Crippen LogP contribution in [0.1, 0.15) is 31.7 Å². The maximum atomic E-state index is 9.71. The quantitative estimate of drug-likeness (QED) is 0.769. The van der Waals surface area contributed by atoms with Crippen molar-refractivity contribution in [1.82, 2.24) is 5.32 Å². The Morgan fingerprint density at radius 2 is 2.25 bits per heavy atom. The first-order valence-electron chi connectivity index (χ1n) is 6.90. The maximum Gasteiger partial charge on any atom is 0.160 e. The number of benzene rings is 1. The molecule has 1 aromatic rings. The molecule has 4 nitrogen and oxygen atoms in total. The fourth-order valence-corrected chi connectivity index (χ4v) is 3.36. The van der Waals surface area contributed by atoms with E-state index in [4.69, 9.17) is 4.74 Å². The molecule has 112 valence electrons. The average molecular weight is 344 g/mol. The van der Waals surface area contributed by atoms with Gasteiger partial charge >= 0.3 is 0 Å². The molecule has 0 heterocycles. The molecule has 5 heteroatoms. The fraction of sp³-hybridized carbons (Fsp3) is 0.600. The Balaban J connectivity index is 2.07. The van der Waals surface area contributed by atoms with Gasteiger partial charge in [0.2, 0.25) is 0 Å². The van der Waals surface area contributed by atoms with Crippen molar-refractivity contribution in [3.8, 4) is 11.5 Å². The van der Waals surface area contributed by atoms with Gasteiger partial charge < -0.3 is 20.3 Å². The van der Waals surface area contributed by atoms with Gasteiger partial charge in [0.15, 0.2) is 11.5 Å². The first-order chi connectivity index (χ1) is 9.50. The van der Waals surface area contributed by atoms with Gasteiger partial charge in [-0.3, -0.25) is 0 Å². The molecule has 20 heavy (non-hydrogen) atoms. The van der Waals surface area contributed by atoms with Gasteiger partial charge in [-0.05, 0) is 30.5 Å². The zero-order valence-electron chi connectivity index (χ0n) is 11.9. The molecule has 3 N–H and O–H groups in total. The predicted octanol–water partition coefficient (Wildman–Crippen LogP) is 2.80. The highest BCUT2D eigenvalue weighted by molar-refractivity contribution is 9.10. The average Bonchev–Trinajstić information content (AvgIpc) is 2.80. The smallest absolute Gasteiger partial charge is 0.160 e. The van der Waals surface area contributed by atoms with Gasteiger partial charge in [0.1, 0.15) is 0 Å². The van der Waals surface area contributed by atoms with Crippen molar-refractivity contribution in [3.63, 3.8) is 0 Å². The van der Waals surface area contributed by atoms with Crippen LogP contribution >= 0.6 is 15.9 Å². The molecule has 1 aliphatic carbocycles. The van der Waals surface area contributed by atoms with Crippen molar-refractivity contribution in [2.45, 2.75) is 38.8 Å². The SMILES string of the molecule is COc1cc(CNC2CCCC2(C)CO)c(Br)cc1O. The predicted molar refractivity (Wildman–Crippen MR) is 82.0 cm³/mol. The Bertz CT molecular complexity index is 480. The Hall–Kier alpha value is -0.780. The Morgan fingerprint density at radius 3 is 2.90 bits per heavy atom. The first-order valence-corrected chi connectivity index (χ1v) is 7.69. The highest BCUT2D eigenvalue weighted by Crippen LogP contribution is 2.38. The van der Waals surface area contributed by atoms with E-state index in [2.05, 4.69) is 28.2 Å². The van der Waals surface area contributed by atoms with E-state index in [9.17, 15) is 10.2 Å². The van der Waals surface area contributed by atoms with E-state index >= 15 is 0 Å². The number of methoxy groups -OCH3 is 1. The highest BCUT2D eigenvalue weighted by Gasteiger charge is 2.37. The fourth-order valence-electron chi connectivity index (χ4n) is 2.89. The minimum Gasteiger partial charge on any atom is -0.504 e. The molecule has 0 amide bonds. The summed E-state index contributed by atoms with van der Waals surface area (Å²) in [5.74, 6) is 0.602. The molecular weight excluding hydrogens is 322 g/mol. The molecule has 0 radical (unpaired) electrons. The summed E-state index contributed by atoms with van der Waals surface area (Å²) in [5, 5.41) is 22.8. The van der Waals surface area contributed by atoms with E-state index in [1.165, 1.54) is 0 Å². The summed E-state index contributed by atoms with van der Waals surface area (Å²) < 4.78 is 5.99. The number of nitrogens with one attached hydrogen (secondary N) is 1. The number of hydrogen-bond donors (Lipinski definition) is 3. The molecule has 1 aromatic carbocycles. The number of halogens is 1. The standard InChI is InChI=1S/C15H22BrNO3/c1-15(9-18)5-3-4-14(15)17-8-10-6-13(20-2)12(19)7-11(10)16/h6-7,14,17-19H,3-5,8-9H2,1-2H3. The lowest BCUT2D eigenvalue weighted by Gasteiger charge is -2.30. The lowest BCUT2D eigenvalue weighted by Crippen LogP contribution is -2.41. The van der Waals surface area contributed by atoms with Crippen LogP contribution in [0.5, 0.6) is 11.5 Å². The van der Waals surface area contributed by atoms with Crippen LogP contribution in [0.15, 0.2) is 16.6 Å². The van der Waals surface area contributed by atoms with Gasteiger partial charge in [-0.15, -0.1) is 0 Å². The van der Waals surface area contributed by atoms with Crippen molar-refractivity contribution in [2.75, 3.05) is 13.7 Å². The molecule has 2 rings (SSSR count). The number of aliphatic hydroxyl groups is 1. The van der Waals surface area contributed by atoms with Crippen LogP contribution in [0.2, 0.25) is 0 Å². The van der Waals surface area contributed by atoms with E-state index in [0.29, 0.717) is 18.3 Å². The molecule has 0 spiro atoms. The summed E-state index contributed by atoms with van der Waals surface area (Å²) in [5.41, 5.74) is 1.000. The van der Waals surface area contributed by atoms with Crippen LogP contribution in [0.25, 0.3) is 0 Å². The van der Waals surface area contributed by atoms with Gasteiger partial charge in [-0.2, -0.15) is 0 Å². The number of phenolic OH excluding ortho intramolecular Hbond substituents is 1. The Kier molecular flexibility index (Phi) is 4.94. The third kappa shape index (κ3) is 3.10. The minimum absolute atomic E-state index is 0.0342. The third-order valence-corrected chi connectivity index (χ3v) is 5.07. The van der Waals surface area contributed by atoms with E-state index in [-0.39, 0.29) is 17.8 Å². The second kappa shape index (κ2) is 6.33. The number of ether oxygens (including phenoxy) is 1. The summed E-state index contributed by atoms with van der Waals surface area (Å²) in [6, 6.07) is 3.80. The zero-order valence-corrected chi connectivity index (χ0v) is 13.5. The normalized spacial score (nSPS) is 25.9. The molecular formula is C15H22BrNO3. The number of phenols is 1. The molecule has 1 fully saturated rings. The van der Waals surface area contributed by atoms with Crippen LogP contribution in [0, 0.1) is 5.41 Å². The van der Waals surface area contributed by atoms with Crippen molar-refractivity contribution in [2.24, 2.45) is 5.41 Å². The van der Waals surface area contributed by atoms with Crippen molar-refractivity contribution in [1.29, 1.82) is 0 Å². The molecule has 0 aromatic heterocycles. The van der Waals surface area contributed by atoms with Crippen molar-refractivity contribution < 1.29 is 14.9 Å². The first kappa shape index (κ1) is 15.6. The van der Waals surface area contributed by atoms with Crippen LogP contribution < -0.4 is 10.1 Å². The second-order valence-corrected chi connectivity index (χ2v) is 6.61. The molecule has 1 saturated carbocycles. The van der Waals surface area contributed by atoms with Gasteiger partial charge in [0.05, 0.1) is 7.11 Å². The number of rotatable bonds is 5. The van der Waals surface area contributed by atoms with E-state index in [1.807, 2.05) is 6.07 Å². The largest absolute Gasteiger partial charge is 0.504 e. The molecule has 0 bridgehead atoms. The van der Waals surface area contributed by atoms with E-state index in [1.54, 1.807) is 13.2 Å². The number of hydrogen-bond acceptors (Lipinski definition) is 4. The van der Waals surface area contributed by atoms with E-state index < -0.39 is 0 Å². The second-order valence-electron chi connectivity index (χ2n) is 5.75. The number of aromatic hydroxyl groups is 1. The summed E-state index contributed by atoms with van der Waals surface area (Å²) in [6.07, 6.45) is 3.29. The van der Waals surface area contributed by atoms with Gasteiger partial charge in [0, 0.05) is 29.1 Å². The van der Waals surface area contributed by atoms with Crippen molar-refractivity contribution in [3.05, 3.63) is 22.2 Å². The van der Waals surface area contributed by atoms with Crippen molar-refractivity contribution >= 4 is 15.9 Å². The van der Waals surface area contributed by atoms with Gasteiger partial charge in [-0.25, -0.2) is 0 Å². The summed E-state index contributed by atoms with van der Waals surface area (Å²) in [4.78, 5) is 0. The molecule has 0 saturated heterocycles. The third-order valence-electron chi connectivity index (χ3n) is 4.33. The molecule has 1 aliphatic rings. The molecule has 0 aliphatic heterocycles. The minimum atomic E-state index is -0.0342. The summed E-state index contributed by atoms with van der Waals surface area (Å²) in [6.45, 7) is 3.02. The highest BCUT2D eigenvalue weighted by atomic mass is 79.9. The lowest BCUT2D eigenvalue weighted by molar-refractivity contribution is 0.118. The van der Waals surface area contributed by atoms with E-state index in [0.717, 1.165) is 29.3 Å². The topological polar surface area (TPSA) is 61.7 Å². The van der Waals surface area contributed by atoms with Gasteiger partial charge in [0.25, 0.3) is 0 Å². The number of aliphatic hydroxyl groups excluding tert-OH is 1. The van der Waals surface area contributed by atoms with Crippen LogP contribution in [0.4, 0.5) is 0 Å². The maximum absolute atomic E-state index is 9.71. The zero-order chi connectivity index (χ0) is 14.8. The lowest BCUT2D eigenvalue weighted by atomic mass is 9.86.